The number of benzene rings is 1. The van der Waals surface area contributed by atoms with Crippen LogP contribution >= 0.6 is 11.8 Å². The molecule has 0 aliphatic carbocycles. The molecule has 1 fully saturated rings. The summed E-state index contributed by atoms with van der Waals surface area (Å²) in [4.78, 5) is 16.4. The first-order valence-corrected chi connectivity index (χ1v) is 9.85. The van der Waals surface area contributed by atoms with Crippen molar-refractivity contribution >= 4 is 17.9 Å². The van der Waals surface area contributed by atoms with E-state index in [-0.39, 0.29) is 6.09 Å². The smallest absolute Gasteiger partial charge is 0.410 e. The van der Waals surface area contributed by atoms with Crippen LogP contribution in [0.15, 0.2) is 65.5 Å². The van der Waals surface area contributed by atoms with E-state index in [1.807, 2.05) is 37.8 Å². The predicted octanol–water partition coefficient (Wildman–Crippen LogP) is 6.15. The number of hydrogen-bond donors (Lipinski definition) is 0. The molecular weight excluding hydrogens is 342 g/mol. The summed E-state index contributed by atoms with van der Waals surface area (Å²) in [6.45, 7) is 14.8. The summed E-state index contributed by atoms with van der Waals surface area (Å²) < 4.78 is 5.49. The van der Waals surface area contributed by atoms with Crippen molar-refractivity contribution in [3.05, 3.63) is 66.1 Å². The molecule has 1 aliphatic heterocycles. The first-order chi connectivity index (χ1) is 12.3. The number of thioether (sulfide) groups is 1. The number of carbonyl (C=O) groups is 1. The Balaban J connectivity index is 2.05. The highest BCUT2D eigenvalue weighted by atomic mass is 32.2. The molecule has 1 saturated heterocycles. The van der Waals surface area contributed by atoms with Gasteiger partial charge in [-0.1, -0.05) is 55.3 Å². The number of likely N-dealkylation sites (tertiary alicyclic amines) is 1. The molecule has 0 N–H and O–H groups in total. The van der Waals surface area contributed by atoms with Crippen LogP contribution in [0.25, 0.3) is 0 Å². The van der Waals surface area contributed by atoms with Crippen LogP contribution < -0.4 is 0 Å². The van der Waals surface area contributed by atoms with E-state index >= 15 is 0 Å². The van der Waals surface area contributed by atoms with Crippen LogP contribution in [-0.4, -0.2) is 29.7 Å². The number of nitrogens with zero attached hydrogens (tertiary/aromatic N) is 1. The summed E-state index contributed by atoms with van der Waals surface area (Å²) in [7, 11) is 0. The van der Waals surface area contributed by atoms with Gasteiger partial charge < -0.3 is 9.64 Å². The molecule has 4 heteroatoms. The number of piperidine rings is 1. The molecule has 1 heterocycles. The van der Waals surface area contributed by atoms with Crippen molar-refractivity contribution in [2.45, 2.75) is 50.0 Å². The van der Waals surface area contributed by atoms with Crippen molar-refractivity contribution in [2.24, 2.45) is 0 Å². The fraction of sp³-hybridized carbons (Fsp3) is 0.409. The molecular formula is C22H29NO2S. The molecule has 1 aromatic rings. The van der Waals surface area contributed by atoms with Crippen LogP contribution in [-0.2, 0) is 4.74 Å². The maximum Gasteiger partial charge on any atom is 0.410 e. The van der Waals surface area contributed by atoms with Gasteiger partial charge in [-0.2, -0.15) is 0 Å². The van der Waals surface area contributed by atoms with Crippen LogP contribution in [0.1, 0.15) is 45.1 Å². The average Bonchev–Trinajstić information content (AvgIpc) is 2.60. The minimum atomic E-state index is -0.449. The number of carbonyl (C=O) groups excluding carboxylic acids is 1. The van der Waals surface area contributed by atoms with E-state index < -0.39 is 5.60 Å². The van der Waals surface area contributed by atoms with Gasteiger partial charge >= 0.3 is 6.09 Å². The minimum Gasteiger partial charge on any atom is -0.444 e. The molecule has 0 aromatic heterocycles. The van der Waals surface area contributed by atoms with E-state index in [1.165, 1.54) is 10.5 Å². The quantitative estimate of drug-likeness (QED) is 0.459. The van der Waals surface area contributed by atoms with Gasteiger partial charge in [0.2, 0.25) is 0 Å². The number of rotatable bonds is 5. The molecule has 2 rings (SSSR count). The Bertz CT molecular complexity index is 680. The Morgan fingerprint density at radius 3 is 2.46 bits per heavy atom. The Morgan fingerprint density at radius 1 is 1.23 bits per heavy atom. The summed E-state index contributed by atoms with van der Waals surface area (Å²) in [5.74, 6) is 0.451. The van der Waals surface area contributed by atoms with Crippen molar-refractivity contribution in [3.63, 3.8) is 0 Å². The zero-order valence-electron chi connectivity index (χ0n) is 16.0. The maximum absolute atomic E-state index is 12.3. The fourth-order valence-electron chi connectivity index (χ4n) is 3.00. The van der Waals surface area contributed by atoms with Crippen molar-refractivity contribution in [3.8, 4) is 0 Å². The van der Waals surface area contributed by atoms with Crippen LogP contribution in [0.3, 0.4) is 0 Å². The monoisotopic (exact) mass is 371 g/mol. The second-order valence-corrected chi connectivity index (χ2v) is 8.51. The molecule has 1 amide bonds. The second kappa shape index (κ2) is 9.13. The highest BCUT2D eigenvalue weighted by Gasteiger charge is 2.28. The largest absolute Gasteiger partial charge is 0.444 e. The number of hydrogen-bond acceptors (Lipinski definition) is 3. The molecule has 0 radical (unpaired) electrons. The lowest BCUT2D eigenvalue weighted by Crippen LogP contribution is -2.41. The van der Waals surface area contributed by atoms with Crippen molar-refractivity contribution < 1.29 is 9.53 Å². The van der Waals surface area contributed by atoms with Gasteiger partial charge in [-0.05, 0) is 57.2 Å². The Hall–Kier alpha value is -1.94. The molecule has 1 aliphatic rings. The highest BCUT2D eigenvalue weighted by molar-refractivity contribution is 8.03. The van der Waals surface area contributed by atoms with E-state index in [0.717, 1.165) is 30.8 Å². The van der Waals surface area contributed by atoms with E-state index in [4.69, 9.17) is 4.74 Å². The molecule has 3 nitrogen and oxygen atoms in total. The molecule has 0 saturated carbocycles. The van der Waals surface area contributed by atoms with Crippen molar-refractivity contribution in [1.29, 1.82) is 0 Å². The minimum absolute atomic E-state index is 0.207. The SMILES string of the molecule is C=C/C=C(\C=C)Sc1ccccc1C1CCN(C(=O)OC(C)(C)C)CC1. The Labute approximate surface area is 161 Å². The topological polar surface area (TPSA) is 29.5 Å². The molecule has 0 spiro atoms. The molecule has 26 heavy (non-hydrogen) atoms. The van der Waals surface area contributed by atoms with Crippen LogP contribution in [0.2, 0.25) is 0 Å². The van der Waals surface area contributed by atoms with Gasteiger partial charge in [0, 0.05) is 22.9 Å². The Kier molecular flexibility index (Phi) is 7.15. The van der Waals surface area contributed by atoms with Crippen LogP contribution in [0, 0.1) is 0 Å². The lowest BCUT2D eigenvalue weighted by Gasteiger charge is -2.34. The van der Waals surface area contributed by atoms with Crippen molar-refractivity contribution in [2.75, 3.05) is 13.1 Å². The van der Waals surface area contributed by atoms with Gasteiger partial charge in [0.05, 0.1) is 0 Å². The molecule has 0 bridgehead atoms. The van der Waals surface area contributed by atoms with Gasteiger partial charge in [-0.25, -0.2) is 4.79 Å². The molecule has 1 aromatic carbocycles. The third-order valence-corrected chi connectivity index (χ3v) is 5.35. The van der Waals surface area contributed by atoms with Gasteiger partial charge in [0.15, 0.2) is 0 Å². The normalized spacial score (nSPS) is 16.3. The average molecular weight is 372 g/mol. The lowest BCUT2D eigenvalue weighted by atomic mass is 9.89. The standard InChI is InChI=1S/C22H29NO2S/c1-6-10-18(7-2)26-20-12-9-8-11-19(20)17-13-15-23(16-14-17)21(24)25-22(3,4)5/h6-12,17H,1-2,13-16H2,3-5H3/b18-10+. The van der Waals surface area contributed by atoms with E-state index in [2.05, 4.69) is 37.4 Å². The van der Waals surface area contributed by atoms with Gasteiger partial charge in [0.25, 0.3) is 0 Å². The molecule has 140 valence electrons. The summed E-state index contributed by atoms with van der Waals surface area (Å²) in [6, 6.07) is 8.51. The number of amides is 1. The van der Waals surface area contributed by atoms with E-state index in [1.54, 1.807) is 17.8 Å². The molecule has 0 unspecified atom stereocenters. The van der Waals surface area contributed by atoms with Crippen molar-refractivity contribution in [1.82, 2.24) is 4.90 Å². The first-order valence-electron chi connectivity index (χ1n) is 9.04. The van der Waals surface area contributed by atoms with Gasteiger partial charge in [-0.15, -0.1) is 0 Å². The zero-order chi connectivity index (χ0) is 19.2. The molecule has 0 atom stereocenters. The van der Waals surface area contributed by atoms with Gasteiger partial charge in [0.1, 0.15) is 5.60 Å². The summed E-state index contributed by atoms with van der Waals surface area (Å²) >= 11 is 1.72. The highest BCUT2D eigenvalue weighted by Crippen LogP contribution is 2.38. The third kappa shape index (κ3) is 5.80. The number of allylic oxidation sites excluding steroid dienone is 3. The zero-order valence-corrected chi connectivity index (χ0v) is 16.8. The summed E-state index contributed by atoms with van der Waals surface area (Å²) in [6.07, 6.45) is 7.30. The summed E-state index contributed by atoms with van der Waals surface area (Å²) in [5.41, 5.74) is 0.897. The second-order valence-electron chi connectivity index (χ2n) is 7.39. The lowest BCUT2D eigenvalue weighted by molar-refractivity contribution is 0.0204. The predicted molar refractivity (Wildman–Crippen MR) is 111 cm³/mol. The van der Waals surface area contributed by atoms with Crippen LogP contribution in [0.4, 0.5) is 4.79 Å². The van der Waals surface area contributed by atoms with E-state index in [9.17, 15) is 4.79 Å². The Morgan fingerprint density at radius 2 is 1.88 bits per heavy atom. The first kappa shape index (κ1) is 20.4. The van der Waals surface area contributed by atoms with Crippen LogP contribution in [0.5, 0.6) is 0 Å². The maximum atomic E-state index is 12.3. The third-order valence-electron chi connectivity index (χ3n) is 4.22. The van der Waals surface area contributed by atoms with E-state index in [0.29, 0.717) is 5.92 Å². The number of ether oxygens (including phenoxy) is 1. The summed E-state index contributed by atoms with van der Waals surface area (Å²) in [5, 5.41) is 0. The van der Waals surface area contributed by atoms with Gasteiger partial charge in [-0.3, -0.25) is 0 Å². The fourth-order valence-corrected chi connectivity index (χ4v) is 4.00.